The number of anilines is 4. The van der Waals surface area contributed by atoms with Crippen LogP contribution in [-0.4, -0.2) is 52.1 Å². The number of nitrogens with zero attached hydrogens (tertiary/aromatic N) is 5. The van der Waals surface area contributed by atoms with Gasteiger partial charge in [-0.1, -0.05) is 19.1 Å². The van der Waals surface area contributed by atoms with Gasteiger partial charge in [0.15, 0.2) is 0 Å². The topological polar surface area (TPSA) is 86.3 Å². The van der Waals surface area contributed by atoms with Gasteiger partial charge in [-0.15, -0.1) is 0 Å². The molecule has 0 aliphatic carbocycles. The quantitative estimate of drug-likeness (QED) is 0.631. The molecule has 1 aliphatic heterocycles. The first kappa shape index (κ1) is 21.5. The highest BCUT2D eigenvalue weighted by Gasteiger charge is 2.22. The number of hydrogen-bond donors (Lipinski definition) is 2. The van der Waals surface area contributed by atoms with Crippen LogP contribution >= 0.6 is 0 Å². The monoisotopic (exact) mass is 431 g/mol. The molecule has 2 aromatic heterocycles. The third kappa shape index (κ3) is 5.32. The van der Waals surface area contributed by atoms with Crippen LogP contribution < -0.4 is 15.5 Å². The summed E-state index contributed by atoms with van der Waals surface area (Å²) in [6.45, 7) is 8.70. The Morgan fingerprint density at radius 1 is 0.969 bits per heavy atom. The number of aromatic nitrogens is 3. The van der Waals surface area contributed by atoms with Crippen molar-refractivity contribution >= 4 is 29.2 Å². The first-order valence-electron chi connectivity index (χ1n) is 11.0. The number of pyridine rings is 1. The van der Waals surface area contributed by atoms with Crippen molar-refractivity contribution in [3.8, 4) is 0 Å². The molecule has 0 radical (unpaired) electrons. The molecule has 1 aromatic carbocycles. The van der Waals surface area contributed by atoms with Gasteiger partial charge in [0.25, 0.3) is 0 Å². The molecule has 166 valence electrons. The van der Waals surface area contributed by atoms with Crippen molar-refractivity contribution < 1.29 is 4.79 Å². The SMILES string of the molecule is CCc1ccc(NC(=O)N2CCN(c3cc(Nc4cc(C)ccn4)nc(C)n3)CC2)cc1. The molecule has 1 fully saturated rings. The lowest BCUT2D eigenvalue weighted by molar-refractivity contribution is 0.208. The van der Waals surface area contributed by atoms with Gasteiger partial charge in [-0.05, 0) is 55.7 Å². The molecule has 32 heavy (non-hydrogen) atoms. The zero-order valence-electron chi connectivity index (χ0n) is 18.8. The Bertz CT molecular complexity index is 1080. The maximum absolute atomic E-state index is 12.7. The van der Waals surface area contributed by atoms with E-state index in [1.54, 1.807) is 6.20 Å². The van der Waals surface area contributed by atoms with E-state index in [0.29, 0.717) is 37.8 Å². The van der Waals surface area contributed by atoms with Gasteiger partial charge >= 0.3 is 6.03 Å². The van der Waals surface area contributed by atoms with Crippen molar-refractivity contribution in [3.05, 3.63) is 65.6 Å². The summed E-state index contributed by atoms with van der Waals surface area (Å²) in [6, 6.07) is 13.8. The molecule has 3 aromatic rings. The molecular weight excluding hydrogens is 402 g/mol. The van der Waals surface area contributed by atoms with Crippen LogP contribution in [0, 0.1) is 13.8 Å². The molecule has 0 saturated carbocycles. The van der Waals surface area contributed by atoms with E-state index in [9.17, 15) is 4.79 Å². The van der Waals surface area contributed by atoms with Gasteiger partial charge in [-0.2, -0.15) is 0 Å². The highest BCUT2D eigenvalue weighted by atomic mass is 16.2. The fraction of sp³-hybridized carbons (Fsp3) is 0.333. The molecule has 2 amide bonds. The van der Waals surface area contributed by atoms with Crippen LogP contribution in [0.1, 0.15) is 23.9 Å². The summed E-state index contributed by atoms with van der Waals surface area (Å²) in [5.41, 5.74) is 3.20. The fourth-order valence-corrected chi connectivity index (χ4v) is 3.68. The van der Waals surface area contributed by atoms with Crippen molar-refractivity contribution in [3.63, 3.8) is 0 Å². The Labute approximate surface area is 188 Å². The second kappa shape index (κ2) is 9.64. The molecule has 8 nitrogen and oxygen atoms in total. The highest BCUT2D eigenvalue weighted by Crippen LogP contribution is 2.21. The average Bonchev–Trinajstić information content (AvgIpc) is 2.79. The molecule has 8 heteroatoms. The molecular formula is C24H29N7O. The first-order chi connectivity index (χ1) is 15.5. The number of benzene rings is 1. The number of rotatable bonds is 5. The minimum absolute atomic E-state index is 0.0688. The molecule has 2 N–H and O–H groups in total. The number of carbonyl (C=O) groups excluding carboxylic acids is 1. The lowest BCUT2D eigenvalue weighted by Crippen LogP contribution is -2.50. The Balaban J connectivity index is 1.37. The summed E-state index contributed by atoms with van der Waals surface area (Å²) in [7, 11) is 0. The van der Waals surface area contributed by atoms with E-state index in [0.717, 1.165) is 29.3 Å². The van der Waals surface area contributed by atoms with Crippen LogP contribution in [0.5, 0.6) is 0 Å². The summed E-state index contributed by atoms with van der Waals surface area (Å²) in [5.74, 6) is 3.00. The van der Waals surface area contributed by atoms with Crippen LogP contribution in [0.4, 0.5) is 27.9 Å². The molecule has 0 spiro atoms. The van der Waals surface area contributed by atoms with Gasteiger partial charge in [0.1, 0.15) is 23.3 Å². The minimum atomic E-state index is -0.0688. The number of hydrogen-bond acceptors (Lipinski definition) is 6. The standard InChI is InChI=1S/C24H29N7O/c1-4-19-5-7-20(8-6-19)28-24(32)31-13-11-30(12-14-31)23-16-22(26-18(3)27-23)29-21-15-17(2)9-10-25-21/h5-10,15-16H,4,11-14H2,1-3H3,(H,28,32)(H,25,26,27,29). The van der Waals surface area contributed by atoms with E-state index in [2.05, 4.69) is 37.4 Å². The van der Waals surface area contributed by atoms with E-state index in [4.69, 9.17) is 0 Å². The van der Waals surface area contributed by atoms with E-state index < -0.39 is 0 Å². The van der Waals surface area contributed by atoms with Crippen LogP contribution in [0.2, 0.25) is 0 Å². The summed E-state index contributed by atoms with van der Waals surface area (Å²) in [6.07, 6.45) is 2.76. The van der Waals surface area contributed by atoms with Crippen LogP contribution in [-0.2, 0) is 6.42 Å². The van der Waals surface area contributed by atoms with Crippen molar-refractivity contribution in [1.82, 2.24) is 19.9 Å². The van der Waals surface area contributed by atoms with Crippen molar-refractivity contribution in [2.45, 2.75) is 27.2 Å². The van der Waals surface area contributed by atoms with Gasteiger partial charge < -0.3 is 20.4 Å². The number of urea groups is 1. The molecule has 0 unspecified atom stereocenters. The Morgan fingerprint density at radius 3 is 2.41 bits per heavy atom. The third-order valence-electron chi connectivity index (χ3n) is 5.50. The summed E-state index contributed by atoms with van der Waals surface area (Å²) >= 11 is 0. The number of aryl methyl sites for hydroxylation is 3. The maximum atomic E-state index is 12.7. The van der Waals surface area contributed by atoms with Gasteiger partial charge in [-0.3, -0.25) is 0 Å². The van der Waals surface area contributed by atoms with Crippen molar-refractivity contribution in [2.24, 2.45) is 0 Å². The Hall–Kier alpha value is -3.68. The average molecular weight is 432 g/mol. The van der Waals surface area contributed by atoms with Gasteiger partial charge in [-0.25, -0.2) is 19.7 Å². The Kier molecular flexibility index (Phi) is 6.49. The minimum Gasteiger partial charge on any atom is -0.353 e. The molecule has 0 atom stereocenters. The summed E-state index contributed by atoms with van der Waals surface area (Å²) in [5, 5.41) is 6.26. The largest absolute Gasteiger partial charge is 0.353 e. The molecule has 1 aliphatic rings. The normalized spacial score (nSPS) is 13.7. The smallest absolute Gasteiger partial charge is 0.321 e. The van der Waals surface area contributed by atoms with Gasteiger partial charge in [0.05, 0.1) is 0 Å². The zero-order chi connectivity index (χ0) is 22.5. The second-order valence-electron chi connectivity index (χ2n) is 7.96. The van der Waals surface area contributed by atoms with E-state index in [1.807, 2.05) is 61.2 Å². The first-order valence-corrected chi connectivity index (χ1v) is 11.0. The van der Waals surface area contributed by atoms with Crippen LogP contribution in [0.25, 0.3) is 0 Å². The van der Waals surface area contributed by atoms with Crippen molar-refractivity contribution in [1.29, 1.82) is 0 Å². The molecule has 4 rings (SSSR count). The lowest BCUT2D eigenvalue weighted by atomic mass is 10.1. The van der Waals surface area contributed by atoms with Gasteiger partial charge in [0.2, 0.25) is 0 Å². The second-order valence-corrected chi connectivity index (χ2v) is 7.96. The third-order valence-corrected chi connectivity index (χ3v) is 5.50. The molecule has 1 saturated heterocycles. The van der Waals surface area contributed by atoms with Gasteiger partial charge in [0, 0.05) is 44.1 Å². The predicted molar refractivity (Wildman–Crippen MR) is 128 cm³/mol. The van der Waals surface area contributed by atoms with E-state index >= 15 is 0 Å². The highest BCUT2D eigenvalue weighted by molar-refractivity contribution is 5.89. The number of amides is 2. The van der Waals surface area contributed by atoms with E-state index in [-0.39, 0.29) is 6.03 Å². The number of piperazine rings is 1. The predicted octanol–water partition coefficient (Wildman–Crippen LogP) is 4.15. The number of nitrogens with one attached hydrogen (secondary N) is 2. The lowest BCUT2D eigenvalue weighted by Gasteiger charge is -2.35. The fourth-order valence-electron chi connectivity index (χ4n) is 3.68. The zero-order valence-corrected chi connectivity index (χ0v) is 18.8. The summed E-state index contributed by atoms with van der Waals surface area (Å²) < 4.78 is 0. The number of carbonyl (C=O) groups is 1. The van der Waals surface area contributed by atoms with Crippen LogP contribution in [0.3, 0.4) is 0 Å². The Morgan fingerprint density at radius 2 is 1.72 bits per heavy atom. The van der Waals surface area contributed by atoms with Crippen LogP contribution in [0.15, 0.2) is 48.7 Å². The van der Waals surface area contributed by atoms with Crippen molar-refractivity contribution in [2.75, 3.05) is 41.7 Å². The summed E-state index contributed by atoms with van der Waals surface area (Å²) in [4.78, 5) is 30.1. The maximum Gasteiger partial charge on any atom is 0.321 e. The molecule has 3 heterocycles. The molecule has 0 bridgehead atoms. The van der Waals surface area contributed by atoms with E-state index in [1.165, 1.54) is 5.56 Å².